The Morgan fingerprint density at radius 1 is 1.28 bits per heavy atom. The first-order valence-corrected chi connectivity index (χ1v) is 10.8. The van der Waals surface area contributed by atoms with Gasteiger partial charge in [-0.3, -0.25) is 14.7 Å². The normalized spacial score (nSPS) is 21.6. The number of benzene rings is 1. The summed E-state index contributed by atoms with van der Waals surface area (Å²) in [6, 6.07) is 6.06. The van der Waals surface area contributed by atoms with Crippen LogP contribution in [0.25, 0.3) is 0 Å². The van der Waals surface area contributed by atoms with Crippen LogP contribution in [0.4, 0.5) is 5.69 Å². The number of nitrogens with zero attached hydrogens (tertiary/aromatic N) is 1. The minimum Gasteiger partial charge on any atom is -0.463 e. The molecular formula is C19H23N2O7P. The van der Waals surface area contributed by atoms with E-state index in [1.165, 1.54) is 12.1 Å². The van der Waals surface area contributed by atoms with Gasteiger partial charge in [0.15, 0.2) is 0 Å². The van der Waals surface area contributed by atoms with Crippen LogP contribution >= 0.6 is 7.60 Å². The second kappa shape index (κ2) is 8.49. The quantitative estimate of drug-likeness (QED) is 0.328. The van der Waals surface area contributed by atoms with Gasteiger partial charge in [0.25, 0.3) is 5.69 Å². The first-order valence-electron chi connectivity index (χ1n) is 9.28. The molecule has 1 aromatic carbocycles. The van der Waals surface area contributed by atoms with E-state index in [1.807, 2.05) is 0 Å². The number of nitrogens with one attached hydrogen (secondary N) is 1. The van der Waals surface area contributed by atoms with Crippen molar-refractivity contribution in [3.05, 3.63) is 62.2 Å². The summed E-state index contributed by atoms with van der Waals surface area (Å²) >= 11 is 0. The highest BCUT2D eigenvalue weighted by Crippen LogP contribution is 2.65. The lowest BCUT2D eigenvalue weighted by Gasteiger charge is -2.35. The van der Waals surface area contributed by atoms with Crippen molar-refractivity contribution in [2.45, 2.75) is 33.1 Å². The fourth-order valence-electron chi connectivity index (χ4n) is 3.63. The van der Waals surface area contributed by atoms with Crippen LogP contribution < -0.4 is 5.32 Å². The summed E-state index contributed by atoms with van der Waals surface area (Å²) in [5.41, 5.74) is 1.13. The Morgan fingerprint density at radius 2 is 1.93 bits per heavy atom. The second-order valence-corrected chi connectivity index (χ2v) is 8.65. The molecule has 1 unspecified atom stereocenters. The van der Waals surface area contributed by atoms with Gasteiger partial charge >= 0.3 is 13.6 Å². The number of allylic oxidation sites excluding steroid dienone is 3. The van der Waals surface area contributed by atoms with Gasteiger partial charge in [-0.25, -0.2) is 4.79 Å². The van der Waals surface area contributed by atoms with Crippen LogP contribution in [-0.4, -0.2) is 30.7 Å². The third-order valence-electron chi connectivity index (χ3n) is 4.77. The van der Waals surface area contributed by atoms with Gasteiger partial charge < -0.3 is 19.1 Å². The Bertz CT molecular complexity index is 944. The molecule has 2 aliphatic rings. The van der Waals surface area contributed by atoms with Crippen LogP contribution in [0.15, 0.2) is 46.5 Å². The Balaban J connectivity index is 2.27. The lowest BCUT2D eigenvalue weighted by Crippen LogP contribution is -2.30. The molecule has 0 amide bonds. The van der Waals surface area contributed by atoms with E-state index in [0.717, 1.165) is 0 Å². The summed E-state index contributed by atoms with van der Waals surface area (Å²) in [4.78, 5) is 24.0. The molecule has 0 radical (unpaired) electrons. The maximum Gasteiger partial charge on any atom is 0.360 e. The number of ether oxygens (including phenoxy) is 1. The molecule has 1 fully saturated rings. The Kier molecular flexibility index (Phi) is 6.21. The molecule has 156 valence electrons. The molecular weight excluding hydrogens is 399 g/mol. The third kappa shape index (κ3) is 3.99. The number of nitro groups is 1. The highest BCUT2D eigenvalue weighted by molar-refractivity contribution is 7.58. The zero-order valence-corrected chi connectivity index (χ0v) is 17.4. The summed E-state index contributed by atoms with van der Waals surface area (Å²) in [6.07, 6.45) is 0.583. The fraction of sp³-hybridized carbons (Fsp3) is 0.421. The monoisotopic (exact) mass is 422 g/mol. The van der Waals surface area contributed by atoms with E-state index in [2.05, 4.69) is 5.32 Å². The first-order chi connectivity index (χ1) is 13.8. The minimum atomic E-state index is -3.79. The van der Waals surface area contributed by atoms with Crippen molar-refractivity contribution in [1.29, 1.82) is 0 Å². The summed E-state index contributed by atoms with van der Waals surface area (Å²) in [6.45, 7) is 5.61. The molecule has 2 aliphatic heterocycles. The molecule has 1 N–H and O–H groups in total. The highest BCUT2D eigenvalue weighted by atomic mass is 31.2. The van der Waals surface area contributed by atoms with Crippen molar-refractivity contribution in [3.8, 4) is 0 Å². The molecule has 2 heterocycles. The van der Waals surface area contributed by atoms with E-state index in [1.54, 1.807) is 32.9 Å². The lowest BCUT2D eigenvalue weighted by molar-refractivity contribution is -0.385. The standard InChI is InChI=1S/C19H23N2O7P/c1-4-26-19(22)16-12(2)20-13(3)18(29(25)27-10-7-11-28-29)17(16)14-8-5-6-9-15(14)21(23)24/h5-6,8-9,17,20H,4,7,10-11H2,1-3H3. The van der Waals surface area contributed by atoms with Crippen molar-refractivity contribution < 1.29 is 28.1 Å². The summed E-state index contributed by atoms with van der Waals surface area (Å²) in [5, 5.41) is 14.9. The van der Waals surface area contributed by atoms with Crippen LogP contribution in [0.2, 0.25) is 0 Å². The van der Waals surface area contributed by atoms with Gasteiger partial charge in [-0.05, 0) is 27.2 Å². The molecule has 0 spiro atoms. The van der Waals surface area contributed by atoms with Crippen LogP contribution in [0, 0.1) is 10.1 Å². The molecule has 0 aromatic heterocycles. The van der Waals surface area contributed by atoms with Crippen molar-refractivity contribution in [3.63, 3.8) is 0 Å². The number of carbonyl (C=O) groups excluding carboxylic acids is 1. The van der Waals surface area contributed by atoms with Gasteiger partial charge in [0, 0.05) is 23.0 Å². The van der Waals surface area contributed by atoms with E-state index in [4.69, 9.17) is 13.8 Å². The predicted octanol–water partition coefficient (Wildman–Crippen LogP) is 3.98. The minimum absolute atomic E-state index is 0.127. The molecule has 1 atom stereocenters. The number of esters is 1. The molecule has 10 heteroatoms. The molecule has 1 aromatic rings. The maximum absolute atomic E-state index is 13.6. The summed E-state index contributed by atoms with van der Waals surface area (Å²) in [7, 11) is -3.79. The molecule has 0 saturated carbocycles. The number of para-hydroxylation sites is 1. The molecule has 0 bridgehead atoms. The summed E-state index contributed by atoms with van der Waals surface area (Å²) in [5.74, 6) is -1.64. The van der Waals surface area contributed by atoms with Crippen molar-refractivity contribution in [2.75, 3.05) is 19.8 Å². The molecule has 29 heavy (non-hydrogen) atoms. The van der Waals surface area contributed by atoms with Crippen LogP contribution in [-0.2, 0) is 23.1 Å². The van der Waals surface area contributed by atoms with Gasteiger partial charge in [0.1, 0.15) is 0 Å². The zero-order valence-electron chi connectivity index (χ0n) is 16.5. The third-order valence-corrected chi connectivity index (χ3v) is 7.00. The van der Waals surface area contributed by atoms with Crippen molar-refractivity contribution in [2.24, 2.45) is 0 Å². The van der Waals surface area contributed by atoms with Crippen LogP contribution in [0.1, 0.15) is 38.7 Å². The van der Waals surface area contributed by atoms with Gasteiger partial charge in [-0.2, -0.15) is 0 Å². The average Bonchev–Trinajstić information content (AvgIpc) is 2.67. The van der Waals surface area contributed by atoms with Crippen molar-refractivity contribution >= 4 is 19.3 Å². The predicted molar refractivity (Wildman–Crippen MR) is 105 cm³/mol. The van der Waals surface area contributed by atoms with E-state index in [-0.39, 0.29) is 42.0 Å². The number of rotatable bonds is 5. The van der Waals surface area contributed by atoms with E-state index < -0.39 is 24.4 Å². The SMILES string of the molecule is CCOC(=O)C1=C(C)NC(C)=C(P2(=O)OCCCO2)C1c1ccccc1[N+](=O)[O-]. The number of hydrogen-bond acceptors (Lipinski definition) is 8. The molecule has 1 saturated heterocycles. The number of carbonyl (C=O) groups is 1. The Labute approximate surface area is 168 Å². The van der Waals surface area contributed by atoms with Gasteiger partial charge in [-0.1, -0.05) is 18.2 Å². The zero-order chi connectivity index (χ0) is 21.2. The van der Waals surface area contributed by atoms with E-state index in [9.17, 15) is 19.5 Å². The Hall–Kier alpha value is -2.48. The molecule has 9 nitrogen and oxygen atoms in total. The van der Waals surface area contributed by atoms with Crippen molar-refractivity contribution in [1.82, 2.24) is 5.32 Å². The first kappa shape index (κ1) is 21.2. The lowest BCUT2D eigenvalue weighted by atomic mass is 9.85. The summed E-state index contributed by atoms with van der Waals surface area (Å²) < 4.78 is 29.9. The number of dihydropyridines is 1. The molecule has 0 aliphatic carbocycles. The van der Waals surface area contributed by atoms with E-state index >= 15 is 0 Å². The smallest absolute Gasteiger partial charge is 0.360 e. The maximum atomic E-state index is 13.6. The van der Waals surface area contributed by atoms with E-state index in [0.29, 0.717) is 17.8 Å². The average molecular weight is 422 g/mol. The van der Waals surface area contributed by atoms with Gasteiger partial charge in [0.05, 0.1) is 41.5 Å². The van der Waals surface area contributed by atoms with Gasteiger partial charge in [-0.15, -0.1) is 0 Å². The fourth-order valence-corrected chi connectivity index (χ4v) is 5.77. The Morgan fingerprint density at radius 3 is 2.55 bits per heavy atom. The highest BCUT2D eigenvalue weighted by Gasteiger charge is 2.47. The number of hydrogen-bond donors (Lipinski definition) is 1. The molecule has 3 rings (SSSR count). The topological polar surface area (TPSA) is 117 Å². The largest absolute Gasteiger partial charge is 0.463 e. The van der Waals surface area contributed by atoms with Crippen LogP contribution in [0.3, 0.4) is 0 Å². The van der Waals surface area contributed by atoms with Crippen LogP contribution in [0.5, 0.6) is 0 Å². The van der Waals surface area contributed by atoms with Gasteiger partial charge in [0.2, 0.25) is 0 Å². The second-order valence-electron chi connectivity index (χ2n) is 6.66. The number of nitro benzene ring substituents is 1.